The molecule has 0 spiro atoms. The summed E-state index contributed by atoms with van der Waals surface area (Å²) in [6.45, 7) is 3.44. The standard InChI is InChI=1S/C14H21BrN2/c1-16-8-7-12-5-6-14(13(15)11-12)17-9-3-2-4-10-17/h5-6,11,16H,2-4,7-10H2,1H3. The van der Waals surface area contributed by atoms with E-state index in [0.29, 0.717) is 0 Å². The molecule has 0 saturated carbocycles. The van der Waals surface area contributed by atoms with E-state index in [0.717, 1.165) is 13.0 Å². The van der Waals surface area contributed by atoms with Crippen molar-refractivity contribution >= 4 is 21.6 Å². The highest BCUT2D eigenvalue weighted by Crippen LogP contribution is 2.29. The van der Waals surface area contributed by atoms with Crippen molar-refractivity contribution in [1.29, 1.82) is 0 Å². The van der Waals surface area contributed by atoms with Crippen LogP contribution in [0, 0.1) is 0 Å². The monoisotopic (exact) mass is 296 g/mol. The van der Waals surface area contributed by atoms with Gasteiger partial charge in [-0.25, -0.2) is 0 Å². The minimum atomic E-state index is 1.04. The van der Waals surface area contributed by atoms with Gasteiger partial charge in [0.1, 0.15) is 0 Å². The molecule has 1 aliphatic rings. The van der Waals surface area contributed by atoms with E-state index in [9.17, 15) is 0 Å². The summed E-state index contributed by atoms with van der Waals surface area (Å²) in [7, 11) is 2.00. The average molecular weight is 297 g/mol. The fraction of sp³-hybridized carbons (Fsp3) is 0.571. The van der Waals surface area contributed by atoms with Gasteiger partial charge in [-0.3, -0.25) is 0 Å². The first kappa shape index (κ1) is 12.9. The summed E-state index contributed by atoms with van der Waals surface area (Å²) in [5.74, 6) is 0. The van der Waals surface area contributed by atoms with E-state index in [1.54, 1.807) is 0 Å². The van der Waals surface area contributed by atoms with Gasteiger partial charge >= 0.3 is 0 Å². The molecule has 3 heteroatoms. The van der Waals surface area contributed by atoms with Crippen molar-refractivity contribution in [3.63, 3.8) is 0 Å². The van der Waals surface area contributed by atoms with Crippen LogP contribution in [0.3, 0.4) is 0 Å². The number of nitrogens with zero attached hydrogens (tertiary/aromatic N) is 1. The quantitative estimate of drug-likeness (QED) is 0.918. The fourth-order valence-corrected chi connectivity index (χ4v) is 3.04. The Bertz CT molecular complexity index is 359. The Hall–Kier alpha value is -0.540. The van der Waals surface area contributed by atoms with Crippen molar-refractivity contribution in [1.82, 2.24) is 5.32 Å². The van der Waals surface area contributed by atoms with Crippen molar-refractivity contribution in [2.75, 3.05) is 31.6 Å². The number of nitrogens with one attached hydrogen (secondary N) is 1. The number of hydrogen-bond acceptors (Lipinski definition) is 2. The van der Waals surface area contributed by atoms with Crippen molar-refractivity contribution in [3.8, 4) is 0 Å². The first-order chi connectivity index (χ1) is 8.31. The van der Waals surface area contributed by atoms with Gasteiger partial charge in [0.15, 0.2) is 0 Å². The zero-order valence-corrected chi connectivity index (χ0v) is 12.1. The van der Waals surface area contributed by atoms with Crippen LogP contribution in [0.4, 0.5) is 5.69 Å². The Kier molecular flexibility index (Phi) is 4.86. The number of hydrogen-bond donors (Lipinski definition) is 1. The van der Waals surface area contributed by atoms with Crippen molar-refractivity contribution in [3.05, 3.63) is 28.2 Å². The van der Waals surface area contributed by atoms with Gasteiger partial charge in [-0.15, -0.1) is 0 Å². The van der Waals surface area contributed by atoms with E-state index in [-0.39, 0.29) is 0 Å². The topological polar surface area (TPSA) is 15.3 Å². The molecular formula is C14H21BrN2. The van der Waals surface area contributed by atoms with Gasteiger partial charge in [0.05, 0.1) is 5.69 Å². The zero-order chi connectivity index (χ0) is 12.1. The van der Waals surface area contributed by atoms with Crippen LogP contribution >= 0.6 is 15.9 Å². The van der Waals surface area contributed by atoms with Crippen LogP contribution in [0.15, 0.2) is 22.7 Å². The van der Waals surface area contributed by atoms with Gasteiger partial charge < -0.3 is 10.2 Å². The number of benzene rings is 1. The molecule has 0 radical (unpaired) electrons. The molecule has 0 unspecified atom stereocenters. The molecule has 0 atom stereocenters. The lowest BCUT2D eigenvalue weighted by molar-refractivity contribution is 0.577. The fourth-order valence-electron chi connectivity index (χ4n) is 2.37. The molecule has 1 heterocycles. The second-order valence-corrected chi connectivity index (χ2v) is 5.54. The molecule has 0 aliphatic carbocycles. The summed E-state index contributed by atoms with van der Waals surface area (Å²) < 4.78 is 1.24. The second-order valence-electron chi connectivity index (χ2n) is 4.69. The highest BCUT2D eigenvalue weighted by molar-refractivity contribution is 9.10. The minimum Gasteiger partial charge on any atom is -0.371 e. The number of rotatable bonds is 4. The second kappa shape index (κ2) is 6.41. The van der Waals surface area contributed by atoms with E-state index < -0.39 is 0 Å². The maximum atomic E-state index is 3.71. The van der Waals surface area contributed by atoms with E-state index in [1.807, 2.05) is 7.05 Å². The molecular weight excluding hydrogens is 276 g/mol. The molecule has 94 valence electrons. The van der Waals surface area contributed by atoms with Crippen LogP contribution in [0.1, 0.15) is 24.8 Å². The van der Waals surface area contributed by atoms with Crippen LogP contribution in [-0.4, -0.2) is 26.7 Å². The third-order valence-corrected chi connectivity index (χ3v) is 4.01. The number of likely N-dealkylation sites (N-methyl/N-ethyl adjacent to an activating group) is 1. The summed E-state index contributed by atoms with van der Waals surface area (Å²) in [6.07, 6.45) is 5.13. The van der Waals surface area contributed by atoms with Gasteiger partial charge in [0.25, 0.3) is 0 Å². The van der Waals surface area contributed by atoms with Gasteiger partial charge in [-0.05, 0) is 72.9 Å². The Labute approximate surface area is 113 Å². The Morgan fingerprint density at radius 1 is 1.24 bits per heavy atom. The van der Waals surface area contributed by atoms with Crippen molar-refractivity contribution < 1.29 is 0 Å². The highest BCUT2D eigenvalue weighted by Gasteiger charge is 2.13. The summed E-state index contributed by atoms with van der Waals surface area (Å²) in [5, 5.41) is 3.19. The molecule has 2 rings (SSSR count). The van der Waals surface area contributed by atoms with Crippen LogP contribution in [-0.2, 0) is 6.42 Å². The van der Waals surface area contributed by atoms with Crippen LogP contribution in [0.5, 0.6) is 0 Å². The molecule has 1 aromatic rings. The maximum absolute atomic E-state index is 3.71. The molecule has 17 heavy (non-hydrogen) atoms. The molecule has 1 fully saturated rings. The molecule has 1 N–H and O–H groups in total. The predicted molar refractivity (Wildman–Crippen MR) is 77.8 cm³/mol. The molecule has 0 aromatic heterocycles. The molecule has 1 saturated heterocycles. The zero-order valence-electron chi connectivity index (χ0n) is 10.5. The first-order valence-electron chi connectivity index (χ1n) is 6.49. The summed E-state index contributed by atoms with van der Waals surface area (Å²) in [6, 6.07) is 6.79. The molecule has 2 nitrogen and oxygen atoms in total. The average Bonchev–Trinajstić information content (AvgIpc) is 2.37. The Balaban J connectivity index is 2.07. The largest absolute Gasteiger partial charge is 0.371 e. The normalized spacial score (nSPS) is 16.2. The lowest BCUT2D eigenvalue weighted by atomic mass is 10.1. The first-order valence-corrected chi connectivity index (χ1v) is 7.28. The highest BCUT2D eigenvalue weighted by atomic mass is 79.9. The summed E-state index contributed by atoms with van der Waals surface area (Å²) in [5.41, 5.74) is 2.75. The van der Waals surface area contributed by atoms with Crippen molar-refractivity contribution in [2.24, 2.45) is 0 Å². The third kappa shape index (κ3) is 3.46. The SMILES string of the molecule is CNCCc1ccc(N2CCCCC2)c(Br)c1. The van der Waals surface area contributed by atoms with E-state index in [1.165, 1.54) is 48.1 Å². The number of anilines is 1. The van der Waals surface area contributed by atoms with Crippen LogP contribution < -0.4 is 10.2 Å². The molecule has 0 bridgehead atoms. The molecule has 0 amide bonds. The van der Waals surface area contributed by atoms with E-state index in [2.05, 4.69) is 44.3 Å². The van der Waals surface area contributed by atoms with Crippen molar-refractivity contribution in [2.45, 2.75) is 25.7 Å². The van der Waals surface area contributed by atoms with Gasteiger partial charge in [-0.2, -0.15) is 0 Å². The summed E-state index contributed by atoms with van der Waals surface area (Å²) >= 11 is 3.71. The Morgan fingerprint density at radius 3 is 2.65 bits per heavy atom. The minimum absolute atomic E-state index is 1.04. The smallest absolute Gasteiger partial charge is 0.0510 e. The summed E-state index contributed by atoms with van der Waals surface area (Å²) in [4.78, 5) is 2.50. The lowest BCUT2D eigenvalue weighted by Gasteiger charge is -2.29. The number of halogens is 1. The third-order valence-electron chi connectivity index (χ3n) is 3.37. The van der Waals surface area contributed by atoms with Crippen LogP contribution in [0.2, 0.25) is 0 Å². The number of piperidine rings is 1. The molecule has 1 aromatic carbocycles. The Morgan fingerprint density at radius 2 is 2.00 bits per heavy atom. The van der Waals surface area contributed by atoms with Gasteiger partial charge in [0, 0.05) is 17.6 Å². The van der Waals surface area contributed by atoms with Gasteiger partial charge in [-0.1, -0.05) is 6.07 Å². The molecule has 1 aliphatic heterocycles. The van der Waals surface area contributed by atoms with E-state index in [4.69, 9.17) is 0 Å². The van der Waals surface area contributed by atoms with Gasteiger partial charge in [0.2, 0.25) is 0 Å². The van der Waals surface area contributed by atoms with E-state index >= 15 is 0 Å². The predicted octanol–water partition coefficient (Wildman–Crippen LogP) is 3.20. The lowest BCUT2D eigenvalue weighted by Crippen LogP contribution is -2.29. The van der Waals surface area contributed by atoms with Crippen LogP contribution in [0.25, 0.3) is 0 Å². The maximum Gasteiger partial charge on any atom is 0.0510 e.